The largest absolute Gasteiger partial charge is 0.364 e. The van der Waals surface area contributed by atoms with Crippen LogP contribution in [0.4, 0.5) is 17.1 Å². The predicted octanol–water partition coefficient (Wildman–Crippen LogP) is 16.1. The van der Waals surface area contributed by atoms with Crippen molar-refractivity contribution >= 4 is 57.2 Å². The number of likely N-dealkylation sites (N-methyl/N-ethyl adjacent to an activating group) is 1. The zero-order chi connectivity index (χ0) is 45.1. The summed E-state index contributed by atoms with van der Waals surface area (Å²) in [5.41, 5.74) is 22.3. The van der Waals surface area contributed by atoms with Crippen LogP contribution in [-0.4, -0.2) is 19.1 Å². The standard InChI is InChI=1S/C40H36N2.C25H24/c1-4-39-27-40(39,41(3)37-20-14-28(2)24-35(37)39)22-9-23-42(33-12-6-5-7-13-33)36-21-18-31-17-15-29-10-8-11-30-16-19-34(36)38(31)32(25-29)26-30;1-2-6-18(7-3-1)8-4-9-19-12-13-22-15-14-20-10-5-11-21-16-17-23(19)25(22)24(20)21/h4-22,24,26,30H,1,23,25,27H2,2-3H3;1-2,5-6,11-14,16-17H,3-4,7-10,15H2/b11-8-,22-9-,29-10-;. The van der Waals surface area contributed by atoms with E-state index in [0.717, 1.165) is 32.2 Å². The molecule has 8 aliphatic rings. The minimum Gasteiger partial charge on any atom is -0.364 e. The third-order valence-corrected chi connectivity index (χ3v) is 16.1. The third-order valence-electron chi connectivity index (χ3n) is 16.1. The van der Waals surface area contributed by atoms with Crippen LogP contribution >= 0.6 is 0 Å². The van der Waals surface area contributed by atoms with Crippen molar-refractivity contribution in [2.45, 2.75) is 75.7 Å². The van der Waals surface area contributed by atoms with E-state index in [1.165, 1.54) is 127 Å². The maximum atomic E-state index is 4.32. The van der Waals surface area contributed by atoms with Crippen molar-refractivity contribution in [3.63, 3.8) is 0 Å². The van der Waals surface area contributed by atoms with Crippen molar-refractivity contribution in [3.05, 3.63) is 238 Å². The molecule has 0 saturated heterocycles. The van der Waals surface area contributed by atoms with Crippen LogP contribution < -0.4 is 9.80 Å². The lowest BCUT2D eigenvalue weighted by atomic mass is 9.80. The zero-order valence-corrected chi connectivity index (χ0v) is 39.1. The lowest BCUT2D eigenvalue weighted by Gasteiger charge is -2.29. The van der Waals surface area contributed by atoms with Gasteiger partial charge >= 0.3 is 0 Å². The lowest BCUT2D eigenvalue weighted by Crippen LogP contribution is -2.33. The smallest absolute Gasteiger partial charge is 0.0727 e. The van der Waals surface area contributed by atoms with E-state index in [1.807, 2.05) is 0 Å². The molecular formula is C65H60N2. The molecule has 0 amide bonds. The molecule has 2 heteroatoms. The van der Waals surface area contributed by atoms with E-state index in [-0.39, 0.29) is 11.0 Å². The molecule has 13 rings (SSSR count). The fourth-order valence-corrected chi connectivity index (χ4v) is 12.6. The molecule has 7 aliphatic carbocycles. The van der Waals surface area contributed by atoms with Gasteiger partial charge in [-0.25, -0.2) is 0 Å². The molecule has 3 bridgehead atoms. The molecule has 5 aromatic carbocycles. The van der Waals surface area contributed by atoms with Crippen LogP contribution in [0.15, 0.2) is 188 Å². The summed E-state index contributed by atoms with van der Waals surface area (Å²) in [6.07, 6.45) is 49.9. The van der Waals surface area contributed by atoms with Crippen molar-refractivity contribution in [2.24, 2.45) is 5.92 Å². The van der Waals surface area contributed by atoms with Crippen molar-refractivity contribution in [1.82, 2.24) is 0 Å². The van der Waals surface area contributed by atoms with Gasteiger partial charge in [0.1, 0.15) is 0 Å². The average molecular weight is 869 g/mol. The molecule has 1 fully saturated rings. The number of aryl methyl sites for hydroxylation is 2. The van der Waals surface area contributed by atoms with Crippen LogP contribution in [0, 0.1) is 12.8 Å². The molecule has 0 aromatic heterocycles. The van der Waals surface area contributed by atoms with Crippen molar-refractivity contribution in [1.29, 1.82) is 0 Å². The second-order valence-corrected chi connectivity index (χ2v) is 20.0. The second-order valence-electron chi connectivity index (χ2n) is 20.0. The van der Waals surface area contributed by atoms with Crippen molar-refractivity contribution in [2.75, 3.05) is 23.4 Å². The van der Waals surface area contributed by atoms with E-state index >= 15 is 0 Å². The van der Waals surface area contributed by atoms with E-state index in [2.05, 4.69) is 219 Å². The van der Waals surface area contributed by atoms with E-state index in [1.54, 1.807) is 5.57 Å². The highest BCUT2D eigenvalue weighted by atomic mass is 15.3. The van der Waals surface area contributed by atoms with Crippen LogP contribution in [0.5, 0.6) is 0 Å². The number of hydrogen-bond donors (Lipinski definition) is 0. The molecular weight excluding hydrogens is 809 g/mol. The molecule has 0 radical (unpaired) electrons. The van der Waals surface area contributed by atoms with Crippen LogP contribution in [0.3, 0.4) is 0 Å². The number of benzene rings is 5. The van der Waals surface area contributed by atoms with Gasteiger partial charge in [0.15, 0.2) is 0 Å². The van der Waals surface area contributed by atoms with Gasteiger partial charge in [-0.15, -0.1) is 6.58 Å². The molecule has 0 N–H and O–H groups in total. The Hall–Kier alpha value is -6.90. The highest BCUT2D eigenvalue weighted by Crippen LogP contribution is 2.70. The summed E-state index contributed by atoms with van der Waals surface area (Å²) in [5.74, 6) is 0.304. The van der Waals surface area contributed by atoms with E-state index in [4.69, 9.17) is 0 Å². The van der Waals surface area contributed by atoms with Gasteiger partial charge in [-0.05, 0) is 155 Å². The van der Waals surface area contributed by atoms with Gasteiger partial charge in [0, 0.05) is 47.6 Å². The summed E-state index contributed by atoms with van der Waals surface area (Å²) in [4.78, 5) is 4.96. The second kappa shape index (κ2) is 16.8. The molecule has 3 atom stereocenters. The van der Waals surface area contributed by atoms with Gasteiger partial charge in [-0.2, -0.15) is 0 Å². The summed E-state index contributed by atoms with van der Waals surface area (Å²) < 4.78 is 0. The Bertz CT molecular complexity index is 3190. The Morgan fingerprint density at radius 3 is 2.60 bits per heavy atom. The SMILES string of the molecule is C1=CCCC(CCCc2ccc3c4c5c(ccc24)C=CCC5=CC3)=C1.C=CC12CC1(/C=C\CN(c1ccccc1)c1ccc3c4c1C=CC1C=C4C/C(=C\C=C/1)C=C3)N(C)c1ccc(C)cc12. The Labute approximate surface area is 398 Å². The Morgan fingerprint density at radius 2 is 1.72 bits per heavy atom. The summed E-state index contributed by atoms with van der Waals surface area (Å²) in [7, 11) is 2.25. The number of nitrogens with zero attached hydrogens (tertiary/aromatic N) is 2. The van der Waals surface area contributed by atoms with E-state index < -0.39 is 0 Å². The van der Waals surface area contributed by atoms with Gasteiger partial charge in [0.25, 0.3) is 0 Å². The van der Waals surface area contributed by atoms with Crippen LogP contribution in [0.2, 0.25) is 0 Å². The van der Waals surface area contributed by atoms with Crippen LogP contribution in [0.25, 0.3) is 40.1 Å². The molecule has 1 aliphatic heterocycles. The van der Waals surface area contributed by atoms with E-state index in [9.17, 15) is 0 Å². The van der Waals surface area contributed by atoms with Gasteiger partial charge < -0.3 is 9.80 Å². The summed E-state index contributed by atoms with van der Waals surface area (Å²) >= 11 is 0. The van der Waals surface area contributed by atoms with E-state index in [0.29, 0.717) is 5.92 Å². The topological polar surface area (TPSA) is 6.48 Å². The molecule has 1 heterocycles. The molecule has 330 valence electrons. The normalized spacial score (nSPS) is 23.9. The first-order chi connectivity index (χ1) is 32.9. The highest BCUT2D eigenvalue weighted by molar-refractivity contribution is 6.04. The summed E-state index contributed by atoms with van der Waals surface area (Å²) in [6.45, 7) is 7.29. The maximum absolute atomic E-state index is 4.32. The number of fused-ring (bicyclic) bond motifs is 5. The first-order valence-electron chi connectivity index (χ1n) is 24.8. The minimum atomic E-state index is -0.0507. The number of para-hydroxylation sites is 1. The Balaban J connectivity index is 0.000000159. The molecule has 67 heavy (non-hydrogen) atoms. The van der Waals surface area contributed by atoms with Gasteiger partial charge in [0.05, 0.1) is 5.54 Å². The quantitative estimate of drug-likeness (QED) is 0.129. The minimum absolute atomic E-state index is 0.0139. The fourth-order valence-electron chi connectivity index (χ4n) is 12.6. The number of allylic oxidation sites excluding steroid dienone is 15. The summed E-state index contributed by atoms with van der Waals surface area (Å²) in [6, 6.07) is 31.8. The molecule has 2 nitrogen and oxygen atoms in total. The number of anilines is 3. The Kier molecular flexibility index (Phi) is 10.4. The first kappa shape index (κ1) is 41.5. The number of hydrogen-bond acceptors (Lipinski definition) is 2. The van der Waals surface area contributed by atoms with Crippen molar-refractivity contribution < 1.29 is 0 Å². The van der Waals surface area contributed by atoms with Crippen LogP contribution in [-0.2, 0) is 18.3 Å². The predicted molar refractivity (Wildman–Crippen MR) is 288 cm³/mol. The van der Waals surface area contributed by atoms with Gasteiger partial charge in [-0.1, -0.05) is 175 Å². The molecule has 0 spiro atoms. The zero-order valence-electron chi connectivity index (χ0n) is 39.1. The van der Waals surface area contributed by atoms with Crippen molar-refractivity contribution in [3.8, 4) is 0 Å². The molecule has 5 aromatic rings. The fraction of sp³-hybridized carbons (Fsp3) is 0.231. The van der Waals surface area contributed by atoms with Gasteiger partial charge in [-0.3, -0.25) is 0 Å². The monoisotopic (exact) mass is 868 g/mol. The Morgan fingerprint density at radius 1 is 0.821 bits per heavy atom. The number of rotatable bonds is 10. The molecule has 3 unspecified atom stereocenters. The third kappa shape index (κ3) is 7.07. The molecule has 1 saturated carbocycles. The maximum Gasteiger partial charge on any atom is 0.0727 e. The van der Waals surface area contributed by atoms with Gasteiger partial charge in [0.2, 0.25) is 0 Å². The first-order valence-corrected chi connectivity index (χ1v) is 24.8. The average Bonchev–Trinajstić information content (AvgIpc) is 4.08. The highest BCUT2D eigenvalue weighted by Gasteiger charge is 2.72. The van der Waals surface area contributed by atoms with Crippen LogP contribution in [0.1, 0.15) is 95.0 Å². The summed E-state index contributed by atoms with van der Waals surface area (Å²) in [5, 5.41) is 3.03. The lowest BCUT2D eigenvalue weighted by molar-refractivity contribution is 0.721.